The molecule has 0 saturated carbocycles. The molecule has 1 N–H and O–H groups in total. The van der Waals surface area contributed by atoms with Crippen LogP contribution in [0.4, 0.5) is 0 Å². The number of amides is 1. The molecule has 0 aliphatic carbocycles. The van der Waals surface area contributed by atoms with Crippen molar-refractivity contribution >= 4 is 11.9 Å². The summed E-state index contributed by atoms with van der Waals surface area (Å²) < 4.78 is 0. The van der Waals surface area contributed by atoms with Gasteiger partial charge in [0.2, 0.25) is 5.91 Å². The van der Waals surface area contributed by atoms with Crippen LogP contribution in [0.1, 0.15) is 26.2 Å². The SMILES string of the molecule is CC1=CCCN(C(=O)CCC(=O)O)C1. The van der Waals surface area contributed by atoms with Crippen LogP contribution < -0.4 is 0 Å². The molecule has 0 aromatic carbocycles. The number of nitrogens with zero attached hydrogens (tertiary/aromatic N) is 1. The first-order valence-corrected chi connectivity index (χ1v) is 4.75. The molecule has 0 fully saturated rings. The highest BCUT2D eigenvalue weighted by atomic mass is 16.4. The molecule has 1 rings (SSSR count). The zero-order valence-corrected chi connectivity index (χ0v) is 8.32. The molecule has 4 nitrogen and oxygen atoms in total. The Morgan fingerprint density at radius 2 is 2.21 bits per heavy atom. The van der Waals surface area contributed by atoms with Gasteiger partial charge >= 0.3 is 5.97 Å². The van der Waals surface area contributed by atoms with Crippen molar-refractivity contribution < 1.29 is 14.7 Å². The molecular weight excluding hydrogens is 182 g/mol. The van der Waals surface area contributed by atoms with Crippen molar-refractivity contribution in [2.24, 2.45) is 0 Å². The predicted molar refractivity (Wildman–Crippen MR) is 51.8 cm³/mol. The van der Waals surface area contributed by atoms with Crippen LogP contribution in [-0.4, -0.2) is 35.0 Å². The number of hydrogen-bond acceptors (Lipinski definition) is 2. The Morgan fingerprint density at radius 1 is 1.50 bits per heavy atom. The van der Waals surface area contributed by atoms with Gasteiger partial charge in [-0.05, 0) is 13.3 Å². The quantitative estimate of drug-likeness (QED) is 0.687. The van der Waals surface area contributed by atoms with E-state index < -0.39 is 5.97 Å². The van der Waals surface area contributed by atoms with Crippen molar-refractivity contribution in [1.29, 1.82) is 0 Å². The maximum atomic E-state index is 11.5. The molecule has 4 heteroatoms. The van der Waals surface area contributed by atoms with E-state index in [1.807, 2.05) is 6.92 Å². The summed E-state index contributed by atoms with van der Waals surface area (Å²) >= 11 is 0. The lowest BCUT2D eigenvalue weighted by atomic mass is 10.1. The van der Waals surface area contributed by atoms with Crippen molar-refractivity contribution in [3.63, 3.8) is 0 Å². The van der Waals surface area contributed by atoms with E-state index in [2.05, 4.69) is 6.08 Å². The molecule has 0 radical (unpaired) electrons. The Hall–Kier alpha value is -1.32. The molecule has 0 aromatic rings. The van der Waals surface area contributed by atoms with Crippen LogP contribution in [-0.2, 0) is 9.59 Å². The summed E-state index contributed by atoms with van der Waals surface area (Å²) in [5, 5.41) is 8.43. The molecule has 78 valence electrons. The molecule has 0 saturated heterocycles. The maximum absolute atomic E-state index is 11.5. The van der Waals surface area contributed by atoms with Gasteiger partial charge in [-0.2, -0.15) is 0 Å². The predicted octanol–water partition coefficient (Wildman–Crippen LogP) is 1.03. The molecule has 14 heavy (non-hydrogen) atoms. The first kappa shape index (κ1) is 10.8. The van der Waals surface area contributed by atoms with Crippen LogP contribution in [0.5, 0.6) is 0 Å². The number of hydrogen-bond donors (Lipinski definition) is 1. The normalized spacial score (nSPS) is 16.4. The molecule has 1 aliphatic heterocycles. The number of carbonyl (C=O) groups excluding carboxylic acids is 1. The van der Waals surface area contributed by atoms with Crippen LogP contribution in [0.3, 0.4) is 0 Å². The molecule has 1 heterocycles. The number of carboxylic acid groups (broad SMARTS) is 1. The monoisotopic (exact) mass is 197 g/mol. The van der Waals surface area contributed by atoms with Gasteiger partial charge in [-0.3, -0.25) is 9.59 Å². The van der Waals surface area contributed by atoms with Crippen LogP contribution in [0.25, 0.3) is 0 Å². The van der Waals surface area contributed by atoms with Gasteiger partial charge in [-0.15, -0.1) is 0 Å². The zero-order valence-electron chi connectivity index (χ0n) is 8.32. The van der Waals surface area contributed by atoms with Gasteiger partial charge in [0, 0.05) is 19.5 Å². The molecule has 0 aromatic heterocycles. The van der Waals surface area contributed by atoms with Crippen molar-refractivity contribution in [3.05, 3.63) is 11.6 Å². The van der Waals surface area contributed by atoms with E-state index in [-0.39, 0.29) is 18.7 Å². The fourth-order valence-corrected chi connectivity index (χ4v) is 1.50. The zero-order chi connectivity index (χ0) is 10.6. The molecule has 0 bridgehead atoms. The van der Waals surface area contributed by atoms with Gasteiger partial charge in [0.25, 0.3) is 0 Å². The Kier molecular flexibility index (Phi) is 3.68. The summed E-state index contributed by atoms with van der Waals surface area (Å²) in [5.41, 5.74) is 1.18. The van der Waals surface area contributed by atoms with Gasteiger partial charge in [-0.25, -0.2) is 0 Å². The number of carbonyl (C=O) groups is 2. The summed E-state index contributed by atoms with van der Waals surface area (Å²) in [6.45, 7) is 3.35. The highest BCUT2D eigenvalue weighted by Gasteiger charge is 2.16. The second-order valence-electron chi connectivity index (χ2n) is 3.55. The number of carboxylic acids is 1. The van der Waals surface area contributed by atoms with Gasteiger partial charge in [0.1, 0.15) is 0 Å². The lowest BCUT2D eigenvalue weighted by molar-refractivity contribution is -0.140. The molecule has 0 spiro atoms. The molecule has 1 amide bonds. The third kappa shape index (κ3) is 3.20. The average Bonchev–Trinajstić information content (AvgIpc) is 2.14. The summed E-state index contributed by atoms with van der Waals surface area (Å²) in [7, 11) is 0. The fourth-order valence-electron chi connectivity index (χ4n) is 1.50. The van der Waals surface area contributed by atoms with Gasteiger partial charge in [-0.1, -0.05) is 11.6 Å². The first-order valence-electron chi connectivity index (χ1n) is 4.75. The van der Waals surface area contributed by atoms with E-state index in [4.69, 9.17) is 5.11 Å². The summed E-state index contributed by atoms with van der Waals surface area (Å²) in [6.07, 6.45) is 3.03. The second-order valence-corrected chi connectivity index (χ2v) is 3.55. The summed E-state index contributed by atoms with van der Waals surface area (Å²) in [5.74, 6) is -0.970. The maximum Gasteiger partial charge on any atom is 0.303 e. The molecule has 1 aliphatic rings. The third-order valence-electron chi connectivity index (χ3n) is 2.24. The van der Waals surface area contributed by atoms with E-state index in [1.165, 1.54) is 5.57 Å². The number of rotatable bonds is 3. The number of aliphatic carboxylic acids is 1. The van der Waals surface area contributed by atoms with Gasteiger partial charge in [0.15, 0.2) is 0 Å². The second kappa shape index (κ2) is 4.79. The van der Waals surface area contributed by atoms with E-state index in [0.29, 0.717) is 6.54 Å². The molecule has 0 atom stereocenters. The minimum absolute atomic E-state index is 0.0557. The van der Waals surface area contributed by atoms with Crippen LogP contribution >= 0.6 is 0 Å². The van der Waals surface area contributed by atoms with E-state index in [0.717, 1.165) is 13.0 Å². The van der Waals surface area contributed by atoms with Crippen molar-refractivity contribution in [1.82, 2.24) is 4.90 Å². The smallest absolute Gasteiger partial charge is 0.303 e. The standard InChI is InChI=1S/C10H15NO3/c1-8-3-2-6-11(7-8)9(12)4-5-10(13)14/h3H,2,4-7H2,1H3,(H,13,14). The lowest BCUT2D eigenvalue weighted by Gasteiger charge is -2.25. The van der Waals surface area contributed by atoms with E-state index in [9.17, 15) is 9.59 Å². The topological polar surface area (TPSA) is 57.6 Å². The minimum Gasteiger partial charge on any atom is -0.481 e. The Bertz CT molecular complexity index is 271. The summed E-state index contributed by atoms with van der Waals surface area (Å²) in [4.78, 5) is 23.5. The Labute approximate surface area is 83.2 Å². The molecule has 0 unspecified atom stereocenters. The van der Waals surface area contributed by atoms with E-state index in [1.54, 1.807) is 4.90 Å². The lowest BCUT2D eigenvalue weighted by Crippen LogP contribution is -2.35. The van der Waals surface area contributed by atoms with Crippen LogP contribution in [0, 0.1) is 0 Å². The van der Waals surface area contributed by atoms with Gasteiger partial charge in [0.05, 0.1) is 6.42 Å². The third-order valence-corrected chi connectivity index (χ3v) is 2.24. The largest absolute Gasteiger partial charge is 0.481 e. The van der Waals surface area contributed by atoms with Gasteiger partial charge < -0.3 is 10.0 Å². The van der Waals surface area contributed by atoms with Crippen LogP contribution in [0.2, 0.25) is 0 Å². The molecular formula is C10H15NO3. The fraction of sp³-hybridized carbons (Fsp3) is 0.600. The Balaban J connectivity index is 2.38. The van der Waals surface area contributed by atoms with E-state index >= 15 is 0 Å². The first-order chi connectivity index (χ1) is 6.59. The van der Waals surface area contributed by atoms with Crippen molar-refractivity contribution in [2.75, 3.05) is 13.1 Å². The summed E-state index contributed by atoms with van der Waals surface area (Å²) in [6, 6.07) is 0. The highest BCUT2D eigenvalue weighted by Crippen LogP contribution is 2.10. The highest BCUT2D eigenvalue weighted by molar-refractivity contribution is 5.81. The van der Waals surface area contributed by atoms with Crippen LogP contribution in [0.15, 0.2) is 11.6 Å². The van der Waals surface area contributed by atoms with Crippen molar-refractivity contribution in [2.45, 2.75) is 26.2 Å². The Morgan fingerprint density at radius 3 is 2.79 bits per heavy atom. The minimum atomic E-state index is -0.914. The van der Waals surface area contributed by atoms with Crippen molar-refractivity contribution in [3.8, 4) is 0 Å². The average molecular weight is 197 g/mol.